The maximum Gasteiger partial charge on any atom is 0.161 e. The molecule has 0 aliphatic carbocycles. The Labute approximate surface area is 133 Å². The van der Waals surface area contributed by atoms with E-state index >= 15 is 0 Å². The van der Waals surface area contributed by atoms with E-state index in [-0.39, 0.29) is 5.75 Å². The molecule has 0 aliphatic rings. The van der Waals surface area contributed by atoms with E-state index in [2.05, 4.69) is 17.6 Å². The lowest BCUT2D eigenvalue weighted by molar-refractivity contribution is 0.371. The molecule has 1 aromatic heterocycles. The average Bonchev–Trinajstić information content (AvgIpc) is 2.94. The third-order valence-corrected chi connectivity index (χ3v) is 4.03. The zero-order chi connectivity index (χ0) is 16.1. The van der Waals surface area contributed by atoms with Gasteiger partial charge in [-0.05, 0) is 37.1 Å². The summed E-state index contributed by atoms with van der Waals surface area (Å²) in [6, 6.07) is 5.68. The van der Waals surface area contributed by atoms with E-state index in [0.29, 0.717) is 28.3 Å². The van der Waals surface area contributed by atoms with Crippen LogP contribution in [0, 0.1) is 18.3 Å². The SMILES string of the molecule is C=CCc1cc(/C=C(\C#N)c2nc(C)cs2)cc(OC)c1O. The number of hydrogen-bond acceptors (Lipinski definition) is 5. The fourth-order valence-electron chi connectivity index (χ4n) is 2.03. The van der Waals surface area contributed by atoms with Crippen LogP contribution in [0.5, 0.6) is 11.5 Å². The number of thiazole rings is 1. The molecule has 0 saturated heterocycles. The summed E-state index contributed by atoms with van der Waals surface area (Å²) in [4.78, 5) is 4.33. The molecule has 0 bridgehead atoms. The van der Waals surface area contributed by atoms with E-state index in [1.54, 1.807) is 18.2 Å². The van der Waals surface area contributed by atoms with Crippen LogP contribution in [0.3, 0.4) is 0 Å². The highest BCUT2D eigenvalue weighted by molar-refractivity contribution is 7.11. The number of phenolic OH excluding ortho intramolecular Hbond substituents is 1. The number of rotatable bonds is 5. The Morgan fingerprint density at radius 2 is 2.32 bits per heavy atom. The van der Waals surface area contributed by atoms with Gasteiger partial charge in [0.15, 0.2) is 11.5 Å². The van der Waals surface area contributed by atoms with Crippen molar-refractivity contribution in [3.05, 3.63) is 52.0 Å². The summed E-state index contributed by atoms with van der Waals surface area (Å²) in [7, 11) is 1.50. The smallest absolute Gasteiger partial charge is 0.161 e. The zero-order valence-electron chi connectivity index (χ0n) is 12.5. The molecule has 1 aromatic carbocycles. The molecule has 0 saturated carbocycles. The number of methoxy groups -OCH3 is 1. The highest BCUT2D eigenvalue weighted by Crippen LogP contribution is 2.33. The standard InChI is InChI=1S/C17H16N2O2S/c1-4-5-13-6-12(8-15(21-3)16(13)20)7-14(9-18)17-19-11(2)10-22-17/h4,6-8,10,20H,1,5H2,2-3H3/b14-7+. The Hall–Kier alpha value is -2.58. The summed E-state index contributed by atoms with van der Waals surface area (Å²) >= 11 is 1.43. The molecule has 112 valence electrons. The largest absolute Gasteiger partial charge is 0.504 e. The molecule has 1 heterocycles. The summed E-state index contributed by atoms with van der Waals surface area (Å²) in [5.41, 5.74) is 2.84. The minimum atomic E-state index is 0.100. The van der Waals surface area contributed by atoms with Crippen LogP contribution in [-0.4, -0.2) is 17.2 Å². The van der Waals surface area contributed by atoms with Gasteiger partial charge < -0.3 is 9.84 Å². The Balaban J connectivity index is 2.51. The van der Waals surface area contributed by atoms with Gasteiger partial charge in [-0.25, -0.2) is 4.98 Å². The minimum Gasteiger partial charge on any atom is -0.504 e. The van der Waals surface area contributed by atoms with Crippen molar-refractivity contribution < 1.29 is 9.84 Å². The molecule has 5 heteroatoms. The second-order valence-electron chi connectivity index (χ2n) is 4.69. The first-order valence-electron chi connectivity index (χ1n) is 6.64. The van der Waals surface area contributed by atoms with Crippen molar-refractivity contribution in [2.45, 2.75) is 13.3 Å². The van der Waals surface area contributed by atoms with Crippen LogP contribution in [0.1, 0.15) is 21.8 Å². The number of allylic oxidation sites excluding steroid dienone is 2. The first kappa shape index (κ1) is 15.8. The second kappa shape index (κ2) is 6.92. The highest BCUT2D eigenvalue weighted by Gasteiger charge is 2.11. The van der Waals surface area contributed by atoms with Crippen LogP contribution in [0.4, 0.5) is 0 Å². The van der Waals surface area contributed by atoms with Crippen LogP contribution in [0.15, 0.2) is 30.2 Å². The van der Waals surface area contributed by atoms with E-state index < -0.39 is 0 Å². The van der Waals surface area contributed by atoms with E-state index in [4.69, 9.17) is 4.74 Å². The lowest BCUT2D eigenvalue weighted by Gasteiger charge is -2.09. The summed E-state index contributed by atoms with van der Waals surface area (Å²) in [6.07, 6.45) is 3.96. The molecule has 2 aromatic rings. The second-order valence-corrected chi connectivity index (χ2v) is 5.55. The minimum absolute atomic E-state index is 0.100. The molecule has 4 nitrogen and oxygen atoms in total. The van der Waals surface area contributed by atoms with Gasteiger partial charge in [0.1, 0.15) is 11.1 Å². The van der Waals surface area contributed by atoms with E-state index in [1.165, 1.54) is 18.4 Å². The number of benzene rings is 1. The van der Waals surface area contributed by atoms with E-state index in [1.807, 2.05) is 18.4 Å². The highest BCUT2D eigenvalue weighted by atomic mass is 32.1. The molecule has 0 amide bonds. The van der Waals surface area contributed by atoms with E-state index in [9.17, 15) is 10.4 Å². The quantitative estimate of drug-likeness (QED) is 0.670. The monoisotopic (exact) mass is 312 g/mol. The predicted molar refractivity (Wildman–Crippen MR) is 88.9 cm³/mol. The topological polar surface area (TPSA) is 66.1 Å². The van der Waals surface area contributed by atoms with Crippen molar-refractivity contribution in [2.24, 2.45) is 0 Å². The number of hydrogen-bond donors (Lipinski definition) is 1. The molecule has 0 aliphatic heterocycles. The van der Waals surface area contributed by atoms with Crippen molar-refractivity contribution in [1.29, 1.82) is 5.26 Å². The zero-order valence-corrected chi connectivity index (χ0v) is 13.3. The molecular weight excluding hydrogens is 296 g/mol. The summed E-state index contributed by atoms with van der Waals surface area (Å²) in [5.74, 6) is 0.473. The van der Waals surface area contributed by atoms with Gasteiger partial charge in [-0.3, -0.25) is 0 Å². The van der Waals surface area contributed by atoms with Gasteiger partial charge in [0, 0.05) is 16.6 Å². The van der Waals surface area contributed by atoms with Crippen molar-refractivity contribution >= 4 is 23.0 Å². The fraction of sp³-hybridized carbons (Fsp3) is 0.176. The maximum atomic E-state index is 10.1. The van der Waals surface area contributed by atoms with Crippen LogP contribution >= 0.6 is 11.3 Å². The van der Waals surface area contributed by atoms with Crippen molar-refractivity contribution in [3.63, 3.8) is 0 Å². The fourth-order valence-corrected chi connectivity index (χ4v) is 2.79. The van der Waals surface area contributed by atoms with Crippen molar-refractivity contribution in [1.82, 2.24) is 4.98 Å². The summed E-state index contributed by atoms with van der Waals surface area (Å²) in [6.45, 7) is 5.57. The van der Waals surface area contributed by atoms with Gasteiger partial charge in [0.25, 0.3) is 0 Å². The molecular formula is C17H16N2O2S. The molecule has 1 N–H and O–H groups in total. The number of ether oxygens (including phenoxy) is 1. The number of phenols is 1. The van der Waals surface area contributed by atoms with Crippen LogP contribution in [0.2, 0.25) is 0 Å². The summed E-state index contributed by atoms with van der Waals surface area (Å²) < 4.78 is 5.19. The first-order chi connectivity index (χ1) is 10.6. The van der Waals surface area contributed by atoms with Gasteiger partial charge in [0.05, 0.1) is 12.7 Å². The number of aromatic nitrogens is 1. The average molecular weight is 312 g/mol. The third-order valence-electron chi connectivity index (χ3n) is 3.04. The van der Waals surface area contributed by atoms with E-state index in [0.717, 1.165) is 11.3 Å². The van der Waals surface area contributed by atoms with Gasteiger partial charge >= 0.3 is 0 Å². The molecule has 0 fully saturated rings. The lowest BCUT2D eigenvalue weighted by Crippen LogP contribution is -1.91. The Kier molecular flexibility index (Phi) is 4.97. The van der Waals surface area contributed by atoms with Crippen molar-refractivity contribution in [3.8, 4) is 17.6 Å². The Morgan fingerprint density at radius 1 is 1.55 bits per heavy atom. The molecule has 0 unspecified atom stereocenters. The number of nitriles is 1. The number of aromatic hydroxyl groups is 1. The molecule has 22 heavy (non-hydrogen) atoms. The normalized spacial score (nSPS) is 11.0. The third kappa shape index (κ3) is 3.35. The lowest BCUT2D eigenvalue weighted by atomic mass is 10.0. The van der Waals surface area contributed by atoms with Crippen molar-refractivity contribution in [2.75, 3.05) is 7.11 Å². The number of nitrogens with zero attached hydrogens (tertiary/aromatic N) is 2. The predicted octanol–water partition coefficient (Wildman–Crippen LogP) is 3.96. The number of aryl methyl sites for hydroxylation is 1. The van der Waals surface area contributed by atoms with Crippen LogP contribution in [0.25, 0.3) is 11.6 Å². The summed E-state index contributed by atoms with van der Waals surface area (Å²) in [5, 5.41) is 22.0. The molecule has 0 radical (unpaired) electrons. The maximum absolute atomic E-state index is 10.1. The van der Waals surface area contributed by atoms with Gasteiger partial charge in [-0.2, -0.15) is 5.26 Å². The van der Waals surface area contributed by atoms with Gasteiger partial charge in [-0.15, -0.1) is 17.9 Å². The van der Waals surface area contributed by atoms with Gasteiger partial charge in [-0.1, -0.05) is 6.08 Å². The molecule has 0 atom stereocenters. The van der Waals surface area contributed by atoms with Gasteiger partial charge in [0.2, 0.25) is 0 Å². The first-order valence-corrected chi connectivity index (χ1v) is 7.52. The van der Waals surface area contributed by atoms with Crippen LogP contribution < -0.4 is 4.74 Å². The van der Waals surface area contributed by atoms with Crippen LogP contribution in [-0.2, 0) is 6.42 Å². The molecule has 2 rings (SSSR count). The molecule has 0 spiro atoms. The Morgan fingerprint density at radius 3 is 2.86 bits per heavy atom. The Bertz CT molecular complexity index is 769.